The van der Waals surface area contributed by atoms with Crippen LogP contribution in [0.2, 0.25) is 0 Å². The lowest BCUT2D eigenvalue weighted by Gasteiger charge is -2.34. The second-order valence-corrected chi connectivity index (χ2v) is 4.38. The molecule has 1 aromatic carbocycles. The van der Waals surface area contributed by atoms with Gasteiger partial charge in [0, 0.05) is 12.6 Å². The third-order valence-corrected chi connectivity index (χ3v) is 3.21. The number of benzene rings is 1. The van der Waals surface area contributed by atoms with E-state index in [2.05, 4.69) is 0 Å². The van der Waals surface area contributed by atoms with Gasteiger partial charge in [-0.15, -0.1) is 0 Å². The van der Waals surface area contributed by atoms with Crippen molar-refractivity contribution in [3.8, 4) is 6.07 Å². The summed E-state index contributed by atoms with van der Waals surface area (Å²) in [5.41, 5.74) is 0.246. The maximum Gasteiger partial charge on any atom is 0.330 e. The molecule has 110 valence electrons. The second-order valence-electron chi connectivity index (χ2n) is 4.38. The molecular formula is C13H13N3O5. The summed E-state index contributed by atoms with van der Waals surface area (Å²) in [7, 11) is 1.25. The highest BCUT2D eigenvalue weighted by atomic mass is 16.6. The molecule has 0 bridgehead atoms. The predicted molar refractivity (Wildman–Crippen MR) is 71.8 cm³/mol. The first-order valence-electron chi connectivity index (χ1n) is 6.19. The van der Waals surface area contributed by atoms with Crippen molar-refractivity contribution in [2.75, 3.05) is 31.8 Å². The molecule has 0 N–H and O–H groups in total. The van der Waals surface area contributed by atoms with Gasteiger partial charge in [0.05, 0.1) is 36.9 Å². The van der Waals surface area contributed by atoms with Crippen molar-refractivity contribution < 1.29 is 19.2 Å². The largest absolute Gasteiger partial charge is 0.467 e. The van der Waals surface area contributed by atoms with Gasteiger partial charge in [0.2, 0.25) is 0 Å². The number of methoxy groups -OCH3 is 1. The number of hydrogen-bond acceptors (Lipinski definition) is 7. The quantitative estimate of drug-likeness (QED) is 0.461. The molecule has 21 heavy (non-hydrogen) atoms. The maximum absolute atomic E-state index is 11.8. The molecule has 1 aliphatic heterocycles. The lowest BCUT2D eigenvalue weighted by molar-refractivity contribution is -0.384. The topological polar surface area (TPSA) is 106 Å². The van der Waals surface area contributed by atoms with Gasteiger partial charge in [0.15, 0.2) is 6.04 Å². The highest BCUT2D eigenvalue weighted by molar-refractivity contribution is 5.82. The Morgan fingerprint density at radius 1 is 1.62 bits per heavy atom. The normalized spacial score (nSPS) is 17.9. The van der Waals surface area contributed by atoms with E-state index in [-0.39, 0.29) is 23.5 Å². The highest BCUT2D eigenvalue weighted by Crippen LogP contribution is 2.31. The van der Waals surface area contributed by atoms with Gasteiger partial charge in [-0.25, -0.2) is 4.79 Å². The van der Waals surface area contributed by atoms with E-state index in [1.807, 2.05) is 6.07 Å². The average Bonchev–Trinajstić information content (AvgIpc) is 2.53. The van der Waals surface area contributed by atoms with E-state index in [9.17, 15) is 14.9 Å². The molecule has 0 aromatic heterocycles. The van der Waals surface area contributed by atoms with Crippen LogP contribution in [0, 0.1) is 21.4 Å². The molecule has 1 aliphatic rings. The molecule has 1 aromatic rings. The molecule has 8 heteroatoms. The number of nitriles is 1. The Bertz CT molecular complexity index is 610. The van der Waals surface area contributed by atoms with Gasteiger partial charge in [-0.05, 0) is 12.1 Å². The summed E-state index contributed by atoms with van der Waals surface area (Å²) < 4.78 is 9.94. The average molecular weight is 291 g/mol. The van der Waals surface area contributed by atoms with Crippen LogP contribution in [0.1, 0.15) is 5.56 Å². The standard InChI is InChI=1S/C13H13N3O5/c1-20-13(17)12-8-21-5-4-15(12)10-3-2-9(7-14)6-11(10)16(18)19/h2-3,6,12H,4-5,8H2,1H3. The Kier molecular flexibility index (Phi) is 4.35. The summed E-state index contributed by atoms with van der Waals surface area (Å²) in [5.74, 6) is -0.520. The van der Waals surface area contributed by atoms with Crippen molar-refractivity contribution >= 4 is 17.3 Å². The number of nitrogens with zero attached hydrogens (tertiary/aromatic N) is 3. The Morgan fingerprint density at radius 2 is 2.38 bits per heavy atom. The van der Waals surface area contributed by atoms with Crippen molar-refractivity contribution in [3.05, 3.63) is 33.9 Å². The van der Waals surface area contributed by atoms with Gasteiger partial charge in [-0.3, -0.25) is 10.1 Å². The third kappa shape index (κ3) is 2.93. The van der Waals surface area contributed by atoms with E-state index < -0.39 is 16.9 Å². The fourth-order valence-corrected chi connectivity index (χ4v) is 2.21. The molecule has 1 atom stereocenters. The van der Waals surface area contributed by atoms with Crippen molar-refractivity contribution in [1.82, 2.24) is 0 Å². The molecule has 0 saturated carbocycles. The zero-order chi connectivity index (χ0) is 15.4. The summed E-state index contributed by atoms with van der Waals surface area (Å²) in [6.07, 6.45) is 0. The number of nitro benzene ring substituents is 1. The van der Waals surface area contributed by atoms with E-state index in [4.69, 9.17) is 14.7 Å². The number of rotatable bonds is 3. The van der Waals surface area contributed by atoms with Crippen LogP contribution in [0.3, 0.4) is 0 Å². The fourth-order valence-electron chi connectivity index (χ4n) is 2.21. The summed E-state index contributed by atoms with van der Waals surface area (Å²) in [5, 5.41) is 20.0. The molecule has 0 radical (unpaired) electrons. The van der Waals surface area contributed by atoms with Crippen molar-refractivity contribution in [1.29, 1.82) is 5.26 Å². The fraction of sp³-hybridized carbons (Fsp3) is 0.385. The molecule has 0 aliphatic carbocycles. The predicted octanol–water partition coefficient (Wildman–Crippen LogP) is 0.845. The first kappa shape index (κ1) is 14.7. The summed E-state index contributed by atoms with van der Waals surface area (Å²) in [4.78, 5) is 24.0. The minimum atomic E-state index is -0.740. The molecule has 1 saturated heterocycles. The number of carbonyl (C=O) groups is 1. The van der Waals surface area contributed by atoms with E-state index in [0.717, 1.165) is 0 Å². The molecule has 0 amide bonds. The lowest BCUT2D eigenvalue weighted by atomic mass is 10.1. The van der Waals surface area contributed by atoms with Crippen molar-refractivity contribution in [2.45, 2.75) is 6.04 Å². The van der Waals surface area contributed by atoms with E-state index >= 15 is 0 Å². The smallest absolute Gasteiger partial charge is 0.330 e. The Balaban J connectivity index is 2.45. The van der Waals surface area contributed by atoms with Crippen LogP contribution < -0.4 is 4.90 Å². The van der Waals surface area contributed by atoms with Gasteiger partial charge in [-0.1, -0.05) is 0 Å². The van der Waals surface area contributed by atoms with E-state index in [1.165, 1.54) is 25.3 Å². The summed E-state index contributed by atoms with van der Waals surface area (Å²) in [6.45, 7) is 0.779. The van der Waals surface area contributed by atoms with Crippen LogP contribution in [-0.2, 0) is 14.3 Å². The number of morpholine rings is 1. The van der Waals surface area contributed by atoms with Crippen LogP contribution in [0.15, 0.2) is 18.2 Å². The molecule has 2 rings (SSSR count). The van der Waals surface area contributed by atoms with Gasteiger partial charge in [-0.2, -0.15) is 5.26 Å². The van der Waals surface area contributed by atoms with Crippen LogP contribution in [0.25, 0.3) is 0 Å². The van der Waals surface area contributed by atoms with Gasteiger partial charge in [0.1, 0.15) is 5.69 Å². The first-order chi connectivity index (χ1) is 10.1. The van der Waals surface area contributed by atoms with Crippen LogP contribution in [0.4, 0.5) is 11.4 Å². The Morgan fingerprint density at radius 3 is 3.00 bits per heavy atom. The van der Waals surface area contributed by atoms with Crippen LogP contribution in [-0.4, -0.2) is 43.8 Å². The van der Waals surface area contributed by atoms with E-state index in [0.29, 0.717) is 13.2 Å². The number of hydrogen-bond donors (Lipinski definition) is 0. The van der Waals surface area contributed by atoms with E-state index in [1.54, 1.807) is 4.90 Å². The third-order valence-electron chi connectivity index (χ3n) is 3.21. The first-order valence-corrected chi connectivity index (χ1v) is 6.19. The number of ether oxygens (including phenoxy) is 2. The molecule has 8 nitrogen and oxygen atoms in total. The Labute approximate surface area is 120 Å². The number of nitro groups is 1. The van der Waals surface area contributed by atoms with Crippen molar-refractivity contribution in [2.24, 2.45) is 0 Å². The monoisotopic (exact) mass is 291 g/mol. The number of anilines is 1. The minimum Gasteiger partial charge on any atom is -0.467 e. The van der Waals surface area contributed by atoms with Crippen LogP contribution in [0.5, 0.6) is 0 Å². The molecule has 1 unspecified atom stereocenters. The molecular weight excluding hydrogens is 278 g/mol. The summed E-state index contributed by atoms with van der Waals surface area (Å²) in [6, 6.07) is 5.26. The van der Waals surface area contributed by atoms with Crippen molar-refractivity contribution in [3.63, 3.8) is 0 Å². The minimum absolute atomic E-state index is 0.101. The zero-order valence-electron chi connectivity index (χ0n) is 11.3. The Hall–Kier alpha value is -2.66. The highest BCUT2D eigenvalue weighted by Gasteiger charge is 2.34. The second kappa shape index (κ2) is 6.19. The molecule has 0 spiro atoms. The number of carbonyl (C=O) groups excluding carboxylic acids is 1. The number of esters is 1. The maximum atomic E-state index is 11.8. The summed E-state index contributed by atoms with van der Waals surface area (Å²) >= 11 is 0. The molecule has 1 heterocycles. The van der Waals surface area contributed by atoms with Gasteiger partial charge in [0.25, 0.3) is 5.69 Å². The lowest BCUT2D eigenvalue weighted by Crippen LogP contribution is -2.50. The van der Waals surface area contributed by atoms with Gasteiger partial charge < -0.3 is 14.4 Å². The SMILES string of the molecule is COC(=O)C1COCCN1c1ccc(C#N)cc1[N+](=O)[O-]. The van der Waals surface area contributed by atoms with Gasteiger partial charge >= 0.3 is 5.97 Å². The molecule has 1 fully saturated rings. The van der Waals surface area contributed by atoms with Crippen LogP contribution >= 0.6 is 0 Å². The zero-order valence-corrected chi connectivity index (χ0v) is 11.3.